The molecule has 0 saturated heterocycles. The molecule has 0 radical (unpaired) electrons. The monoisotopic (exact) mass is 383 g/mol. The first-order valence-corrected chi connectivity index (χ1v) is 8.63. The standard InChI is InChI=1S/C20H21N3O5/c1-14-9-10-16(28-14)11-22(2)18(24)13-27-20(25)19-17(26-3)12-23(21-19)15-7-5-4-6-8-15/h4-10,12H,11,13H2,1-3H3. The minimum absolute atomic E-state index is 0.00321. The highest BCUT2D eigenvalue weighted by atomic mass is 16.5. The van der Waals surface area contributed by atoms with Crippen molar-refractivity contribution in [2.24, 2.45) is 0 Å². The molecule has 8 nitrogen and oxygen atoms in total. The highest BCUT2D eigenvalue weighted by molar-refractivity contribution is 5.92. The Morgan fingerprint density at radius 3 is 2.57 bits per heavy atom. The minimum Gasteiger partial charge on any atom is -0.493 e. The molecule has 2 aromatic heterocycles. The van der Waals surface area contributed by atoms with Gasteiger partial charge in [0.25, 0.3) is 5.91 Å². The van der Waals surface area contributed by atoms with Gasteiger partial charge in [-0.15, -0.1) is 0 Å². The second-order valence-electron chi connectivity index (χ2n) is 6.16. The zero-order chi connectivity index (χ0) is 20.1. The number of carbonyl (C=O) groups excluding carboxylic acids is 2. The number of ether oxygens (including phenoxy) is 2. The molecule has 146 valence electrons. The van der Waals surface area contributed by atoms with E-state index in [1.165, 1.54) is 16.7 Å². The number of methoxy groups -OCH3 is 1. The first-order chi connectivity index (χ1) is 13.5. The third-order valence-corrected chi connectivity index (χ3v) is 4.06. The molecule has 0 aliphatic carbocycles. The number of esters is 1. The zero-order valence-electron chi connectivity index (χ0n) is 15.9. The highest BCUT2D eigenvalue weighted by Crippen LogP contribution is 2.20. The van der Waals surface area contributed by atoms with E-state index in [1.807, 2.05) is 43.3 Å². The normalized spacial score (nSPS) is 10.5. The Hall–Kier alpha value is -3.55. The van der Waals surface area contributed by atoms with Gasteiger partial charge in [-0.25, -0.2) is 9.48 Å². The Morgan fingerprint density at radius 2 is 1.93 bits per heavy atom. The first kappa shape index (κ1) is 19.2. The SMILES string of the molecule is COc1cn(-c2ccccc2)nc1C(=O)OCC(=O)N(C)Cc1ccc(C)o1. The summed E-state index contributed by atoms with van der Waals surface area (Å²) >= 11 is 0. The molecule has 1 aromatic carbocycles. The molecule has 0 unspecified atom stereocenters. The molecule has 0 aliphatic heterocycles. The Bertz CT molecular complexity index is 961. The zero-order valence-corrected chi connectivity index (χ0v) is 15.9. The summed E-state index contributed by atoms with van der Waals surface area (Å²) in [4.78, 5) is 26.0. The van der Waals surface area contributed by atoms with Crippen LogP contribution in [-0.2, 0) is 16.1 Å². The maximum Gasteiger partial charge on any atom is 0.363 e. The molecule has 3 aromatic rings. The number of hydrogen-bond acceptors (Lipinski definition) is 6. The summed E-state index contributed by atoms with van der Waals surface area (Å²) in [5.74, 6) is 0.595. The van der Waals surface area contributed by atoms with E-state index in [4.69, 9.17) is 13.9 Å². The average molecular weight is 383 g/mol. The number of rotatable bonds is 7. The quantitative estimate of drug-likeness (QED) is 0.583. The molecule has 0 saturated carbocycles. The van der Waals surface area contributed by atoms with E-state index in [0.29, 0.717) is 5.76 Å². The van der Waals surface area contributed by atoms with Crippen LogP contribution in [0.5, 0.6) is 5.75 Å². The van der Waals surface area contributed by atoms with E-state index in [-0.39, 0.29) is 23.9 Å². The van der Waals surface area contributed by atoms with Crippen molar-refractivity contribution in [2.45, 2.75) is 13.5 Å². The number of nitrogens with zero attached hydrogens (tertiary/aromatic N) is 3. The maximum absolute atomic E-state index is 12.4. The lowest BCUT2D eigenvalue weighted by molar-refractivity contribution is -0.134. The van der Waals surface area contributed by atoms with Crippen molar-refractivity contribution >= 4 is 11.9 Å². The van der Waals surface area contributed by atoms with Crippen molar-refractivity contribution in [3.05, 3.63) is 65.9 Å². The molecule has 0 atom stereocenters. The van der Waals surface area contributed by atoms with Crippen LogP contribution < -0.4 is 4.74 Å². The van der Waals surface area contributed by atoms with Crippen molar-refractivity contribution in [2.75, 3.05) is 20.8 Å². The van der Waals surface area contributed by atoms with Crippen molar-refractivity contribution in [1.29, 1.82) is 0 Å². The van der Waals surface area contributed by atoms with Gasteiger partial charge < -0.3 is 18.8 Å². The fourth-order valence-corrected chi connectivity index (χ4v) is 2.56. The Balaban J connectivity index is 1.62. The van der Waals surface area contributed by atoms with Crippen molar-refractivity contribution < 1.29 is 23.5 Å². The van der Waals surface area contributed by atoms with Crippen LogP contribution in [0.15, 0.2) is 53.1 Å². The summed E-state index contributed by atoms with van der Waals surface area (Å²) in [6.07, 6.45) is 1.58. The molecule has 0 spiro atoms. The summed E-state index contributed by atoms with van der Waals surface area (Å²) in [5, 5.41) is 4.22. The van der Waals surface area contributed by atoms with Crippen LogP contribution in [0.25, 0.3) is 5.69 Å². The fraction of sp³-hybridized carbons (Fsp3) is 0.250. The van der Waals surface area contributed by atoms with Crippen LogP contribution in [0.1, 0.15) is 22.0 Å². The van der Waals surface area contributed by atoms with E-state index in [9.17, 15) is 9.59 Å². The van der Waals surface area contributed by atoms with Crippen LogP contribution in [0.3, 0.4) is 0 Å². The molecule has 0 aliphatic rings. The number of carbonyl (C=O) groups is 2. The maximum atomic E-state index is 12.4. The topological polar surface area (TPSA) is 86.8 Å². The Labute approximate surface area is 162 Å². The lowest BCUT2D eigenvalue weighted by Crippen LogP contribution is -2.30. The molecule has 0 fully saturated rings. The van der Waals surface area contributed by atoms with Crippen LogP contribution >= 0.6 is 0 Å². The molecule has 1 amide bonds. The number of benzene rings is 1. The lowest BCUT2D eigenvalue weighted by atomic mass is 10.3. The summed E-state index contributed by atoms with van der Waals surface area (Å²) in [5.41, 5.74) is 0.771. The number of aromatic nitrogens is 2. The van der Waals surface area contributed by atoms with Crippen LogP contribution in [-0.4, -0.2) is 47.3 Å². The summed E-state index contributed by atoms with van der Waals surface area (Å²) < 4.78 is 17.3. The fourth-order valence-electron chi connectivity index (χ4n) is 2.56. The predicted octanol–water partition coefficient (Wildman–Crippen LogP) is 2.60. The van der Waals surface area contributed by atoms with Gasteiger partial charge in [-0.05, 0) is 31.2 Å². The average Bonchev–Trinajstić information content (AvgIpc) is 3.32. The number of para-hydroxylation sites is 1. The van der Waals surface area contributed by atoms with Crippen molar-refractivity contribution in [3.63, 3.8) is 0 Å². The number of furan rings is 1. The second-order valence-corrected chi connectivity index (χ2v) is 6.16. The number of amides is 1. The Kier molecular flexibility index (Phi) is 5.78. The molecular formula is C20H21N3O5. The lowest BCUT2D eigenvalue weighted by Gasteiger charge is -2.15. The van der Waals surface area contributed by atoms with Crippen molar-refractivity contribution in [1.82, 2.24) is 14.7 Å². The van der Waals surface area contributed by atoms with Gasteiger partial charge in [-0.2, -0.15) is 5.10 Å². The molecule has 0 N–H and O–H groups in total. The van der Waals surface area contributed by atoms with Gasteiger partial charge in [-0.3, -0.25) is 4.79 Å². The number of likely N-dealkylation sites (N-methyl/N-ethyl adjacent to an activating group) is 1. The summed E-state index contributed by atoms with van der Waals surface area (Å²) in [7, 11) is 3.05. The number of hydrogen-bond donors (Lipinski definition) is 0. The van der Waals surface area contributed by atoms with Gasteiger partial charge in [0.2, 0.25) is 5.69 Å². The smallest absolute Gasteiger partial charge is 0.363 e. The Morgan fingerprint density at radius 1 is 1.18 bits per heavy atom. The molecule has 0 bridgehead atoms. The molecule has 28 heavy (non-hydrogen) atoms. The highest BCUT2D eigenvalue weighted by Gasteiger charge is 2.22. The number of aryl methyl sites for hydroxylation is 1. The third kappa shape index (κ3) is 4.40. The molecular weight excluding hydrogens is 362 g/mol. The van der Waals surface area contributed by atoms with Gasteiger partial charge in [-0.1, -0.05) is 18.2 Å². The van der Waals surface area contributed by atoms with E-state index in [2.05, 4.69) is 5.10 Å². The van der Waals surface area contributed by atoms with Gasteiger partial charge >= 0.3 is 5.97 Å². The van der Waals surface area contributed by atoms with Gasteiger partial charge in [0.1, 0.15) is 11.5 Å². The molecule has 3 rings (SSSR count). The van der Waals surface area contributed by atoms with Crippen LogP contribution in [0.4, 0.5) is 0 Å². The van der Waals surface area contributed by atoms with E-state index in [1.54, 1.807) is 19.3 Å². The second kappa shape index (κ2) is 8.43. The van der Waals surface area contributed by atoms with Crippen LogP contribution in [0, 0.1) is 6.92 Å². The van der Waals surface area contributed by atoms with Gasteiger partial charge in [0.15, 0.2) is 12.4 Å². The molecule has 8 heteroatoms. The van der Waals surface area contributed by atoms with E-state index in [0.717, 1.165) is 11.4 Å². The van der Waals surface area contributed by atoms with E-state index >= 15 is 0 Å². The van der Waals surface area contributed by atoms with Crippen LogP contribution in [0.2, 0.25) is 0 Å². The largest absolute Gasteiger partial charge is 0.493 e. The van der Waals surface area contributed by atoms with E-state index < -0.39 is 12.6 Å². The first-order valence-electron chi connectivity index (χ1n) is 8.63. The minimum atomic E-state index is -0.734. The third-order valence-electron chi connectivity index (χ3n) is 4.06. The van der Waals surface area contributed by atoms with Gasteiger partial charge in [0.05, 0.1) is 25.5 Å². The summed E-state index contributed by atoms with van der Waals surface area (Å²) in [6.45, 7) is 1.71. The van der Waals surface area contributed by atoms with Gasteiger partial charge in [0, 0.05) is 7.05 Å². The molecule has 2 heterocycles. The van der Waals surface area contributed by atoms with Crippen molar-refractivity contribution in [3.8, 4) is 11.4 Å². The predicted molar refractivity (Wildman–Crippen MR) is 100 cm³/mol. The summed E-state index contributed by atoms with van der Waals surface area (Å²) in [6, 6.07) is 12.9.